The van der Waals surface area contributed by atoms with Crippen LogP contribution in [-0.2, 0) is 11.2 Å². The van der Waals surface area contributed by atoms with Crippen LogP contribution in [-0.4, -0.2) is 49.6 Å². The molecule has 0 bridgehead atoms. The number of alkyl halides is 3. The number of carbonyl (C=O) groups excluding carboxylic acids is 2. The molecule has 2 atom stereocenters. The summed E-state index contributed by atoms with van der Waals surface area (Å²) in [5.41, 5.74) is 5.92. The highest BCUT2D eigenvalue weighted by molar-refractivity contribution is 6.31. The fourth-order valence-electron chi connectivity index (χ4n) is 4.48. The second-order valence-corrected chi connectivity index (χ2v) is 10.0. The Hall–Kier alpha value is -2.58. The van der Waals surface area contributed by atoms with Gasteiger partial charge in [-0.05, 0) is 75.2 Å². The number of halogens is 4. The third kappa shape index (κ3) is 6.35. The van der Waals surface area contributed by atoms with Gasteiger partial charge in [-0.3, -0.25) is 9.59 Å². The monoisotopic (exact) mass is 509 g/mol. The van der Waals surface area contributed by atoms with Crippen LogP contribution >= 0.6 is 11.6 Å². The third-order valence-electron chi connectivity index (χ3n) is 6.97. The molecular formula is C26H31ClF3N3O2. The van der Waals surface area contributed by atoms with Crippen molar-refractivity contribution >= 4 is 23.4 Å². The highest BCUT2D eigenvalue weighted by atomic mass is 35.5. The lowest BCUT2D eigenvalue weighted by atomic mass is 9.79. The molecule has 3 N–H and O–H groups in total. The Morgan fingerprint density at radius 3 is 2.26 bits per heavy atom. The van der Waals surface area contributed by atoms with Crippen molar-refractivity contribution in [2.45, 2.75) is 50.7 Å². The average molecular weight is 510 g/mol. The number of rotatable bonds is 10. The molecule has 0 aliphatic heterocycles. The van der Waals surface area contributed by atoms with Gasteiger partial charge in [0.25, 0.3) is 0 Å². The molecule has 0 saturated heterocycles. The van der Waals surface area contributed by atoms with Crippen molar-refractivity contribution in [1.29, 1.82) is 0 Å². The zero-order valence-electron chi connectivity index (χ0n) is 20.1. The van der Waals surface area contributed by atoms with Crippen molar-refractivity contribution in [3.05, 3.63) is 69.7 Å². The second-order valence-electron chi connectivity index (χ2n) is 9.61. The lowest BCUT2D eigenvalue weighted by molar-refractivity contribution is -0.194. The van der Waals surface area contributed by atoms with Gasteiger partial charge in [-0.1, -0.05) is 35.9 Å². The highest BCUT2D eigenvalue weighted by Gasteiger charge is 2.67. The van der Waals surface area contributed by atoms with Crippen LogP contribution in [0.2, 0.25) is 5.02 Å². The van der Waals surface area contributed by atoms with E-state index in [1.54, 1.807) is 49.4 Å². The van der Waals surface area contributed by atoms with Crippen molar-refractivity contribution in [2.75, 3.05) is 20.6 Å². The van der Waals surface area contributed by atoms with E-state index in [9.17, 15) is 22.8 Å². The van der Waals surface area contributed by atoms with Gasteiger partial charge in [-0.2, -0.15) is 13.2 Å². The predicted molar refractivity (Wildman–Crippen MR) is 130 cm³/mol. The summed E-state index contributed by atoms with van der Waals surface area (Å²) in [5.74, 6) is -1.91. The minimum absolute atomic E-state index is 0.0116. The quantitative estimate of drug-likeness (QED) is 0.480. The number of carbonyl (C=O) groups is 2. The Labute approximate surface area is 208 Å². The van der Waals surface area contributed by atoms with Crippen LogP contribution < -0.4 is 11.1 Å². The molecule has 0 aromatic heterocycles. The molecule has 190 valence electrons. The lowest BCUT2D eigenvalue weighted by Crippen LogP contribution is -2.42. The number of aryl methyl sites for hydroxylation is 1. The van der Waals surface area contributed by atoms with Crippen molar-refractivity contribution in [3.63, 3.8) is 0 Å². The average Bonchev–Trinajstić information content (AvgIpc) is 3.59. The first-order chi connectivity index (χ1) is 16.3. The molecule has 0 unspecified atom stereocenters. The van der Waals surface area contributed by atoms with Crippen molar-refractivity contribution < 1.29 is 22.8 Å². The van der Waals surface area contributed by atoms with E-state index in [1.807, 2.05) is 19.0 Å². The van der Waals surface area contributed by atoms with E-state index in [1.165, 1.54) is 0 Å². The summed E-state index contributed by atoms with van der Waals surface area (Å²) in [4.78, 5) is 26.1. The zero-order valence-corrected chi connectivity index (χ0v) is 20.8. The van der Waals surface area contributed by atoms with Crippen LogP contribution in [0.1, 0.15) is 52.2 Å². The Morgan fingerprint density at radius 2 is 1.77 bits per heavy atom. The highest BCUT2D eigenvalue weighted by Crippen LogP contribution is 2.66. The van der Waals surface area contributed by atoms with Gasteiger partial charge in [-0.25, -0.2) is 0 Å². The summed E-state index contributed by atoms with van der Waals surface area (Å²) in [6.45, 7) is 2.02. The van der Waals surface area contributed by atoms with E-state index in [0.717, 1.165) is 5.56 Å². The molecule has 3 rings (SSSR count). The third-order valence-corrected chi connectivity index (χ3v) is 7.39. The Bertz CT molecular complexity index is 1070. The van der Waals surface area contributed by atoms with Gasteiger partial charge in [0, 0.05) is 35.5 Å². The SMILES string of the molecule is Cc1cc([C@H](CC(=O)NC[C@H](Cc2ccc(C(N)=O)cc2)N(C)C)C2(C(F)(F)F)CC2)ccc1Cl. The number of amides is 2. The number of nitrogens with one attached hydrogen (secondary N) is 1. The van der Waals surface area contributed by atoms with Crippen LogP contribution in [0.15, 0.2) is 42.5 Å². The maximum atomic E-state index is 14.0. The summed E-state index contributed by atoms with van der Waals surface area (Å²) in [6, 6.07) is 11.7. The summed E-state index contributed by atoms with van der Waals surface area (Å²) in [5, 5.41) is 3.32. The van der Waals surface area contributed by atoms with Gasteiger partial charge < -0.3 is 16.0 Å². The number of hydrogen-bond donors (Lipinski definition) is 2. The zero-order chi connectivity index (χ0) is 26.0. The molecule has 1 fully saturated rings. The molecule has 1 aliphatic rings. The van der Waals surface area contributed by atoms with Gasteiger partial charge in [0.05, 0.1) is 5.41 Å². The first kappa shape index (κ1) is 27.0. The van der Waals surface area contributed by atoms with Crippen LogP contribution in [0.3, 0.4) is 0 Å². The normalized spacial score (nSPS) is 16.6. The minimum atomic E-state index is -4.39. The fraction of sp³-hybridized carbons (Fsp3) is 0.462. The van der Waals surface area contributed by atoms with E-state index in [4.69, 9.17) is 17.3 Å². The Morgan fingerprint density at radius 1 is 1.14 bits per heavy atom. The van der Waals surface area contributed by atoms with Crippen molar-refractivity contribution in [2.24, 2.45) is 11.1 Å². The summed E-state index contributed by atoms with van der Waals surface area (Å²) in [6.07, 6.45) is -4.04. The van der Waals surface area contributed by atoms with Crippen molar-refractivity contribution in [1.82, 2.24) is 10.2 Å². The van der Waals surface area contributed by atoms with Crippen LogP contribution in [0.4, 0.5) is 13.2 Å². The van der Waals surface area contributed by atoms with Gasteiger partial charge in [0.15, 0.2) is 0 Å². The van der Waals surface area contributed by atoms with E-state index < -0.39 is 29.3 Å². The standard InChI is InChI=1S/C26H31ClF3N3O2/c1-16-12-19(8-9-22(16)27)21(25(10-11-25)26(28,29)30)14-23(34)32-15-20(33(2)3)13-17-4-6-18(7-5-17)24(31)35/h4-9,12,20-21H,10-11,13-15H2,1-3H3,(H2,31,35)(H,32,34)/t20-,21-/m0/s1. The van der Waals surface area contributed by atoms with Crippen LogP contribution in [0, 0.1) is 12.3 Å². The molecule has 2 amide bonds. The number of nitrogens with two attached hydrogens (primary N) is 1. The molecule has 5 nitrogen and oxygen atoms in total. The molecule has 9 heteroatoms. The number of likely N-dealkylation sites (N-methyl/N-ethyl adjacent to an activating group) is 1. The number of benzene rings is 2. The molecule has 2 aromatic rings. The van der Waals surface area contributed by atoms with Crippen LogP contribution in [0.5, 0.6) is 0 Å². The molecule has 2 aromatic carbocycles. The Balaban J connectivity index is 1.71. The second kappa shape index (κ2) is 10.6. The molecule has 0 spiro atoms. The van der Waals surface area contributed by atoms with E-state index in [0.29, 0.717) is 28.1 Å². The van der Waals surface area contributed by atoms with Crippen molar-refractivity contribution in [3.8, 4) is 0 Å². The van der Waals surface area contributed by atoms with Gasteiger partial charge >= 0.3 is 6.18 Å². The minimum Gasteiger partial charge on any atom is -0.366 e. The molecule has 1 saturated carbocycles. The first-order valence-corrected chi connectivity index (χ1v) is 11.9. The Kier molecular flexibility index (Phi) is 8.17. The maximum Gasteiger partial charge on any atom is 0.395 e. The molecule has 0 heterocycles. The summed E-state index contributed by atoms with van der Waals surface area (Å²) in [7, 11) is 3.74. The van der Waals surface area contributed by atoms with Gasteiger partial charge in [-0.15, -0.1) is 0 Å². The van der Waals surface area contributed by atoms with E-state index >= 15 is 0 Å². The number of hydrogen-bond acceptors (Lipinski definition) is 3. The molecule has 35 heavy (non-hydrogen) atoms. The fourth-order valence-corrected chi connectivity index (χ4v) is 4.60. The lowest BCUT2D eigenvalue weighted by Gasteiger charge is -2.30. The predicted octanol–water partition coefficient (Wildman–Crippen LogP) is 4.85. The number of primary amides is 1. The number of nitrogens with zero attached hydrogens (tertiary/aromatic N) is 1. The topological polar surface area (TPSA) is 75.4 Å². The molecular weight excluding hydrogens is 479 g/mol. The smallest absolute Gasteiger partial charge is 0.366 e. The summed E-state index contributed by atoms with van der Waals surface area (Å²) >= 11 is 6.09. The van der Waals surface area contributed by atoms with E-state index in [2.05, 4.69) is 5.32 Å². The summed E-state index contributed by atoms with van der Waals surface area (Å²) < 4.78 is 42.0. The van der Waals surface area contributed by atoms with Crippen LogP contribution in [0.25, 0.3) is 0 Å². The molecule has 0 radical (unpaired) electrons. The molecule has 1 aliphatic carbocycles. The first-order valence-electron chi connectivity index (χ1n) is 11.5. The van der Waals surface area contributed by atoms with E-state index in [-0.39, 0.29) is 31.8 Å². The largest absolute Gasteiger partial charge is 0.395 e. The maximum absolute atomic E-state index is 14.0. The van der Waals surface area contributed by atoms with Gasteiger partial charge in [0.1, 0.15) is 0 Å². The van der Waals surface area contributed by atoms with Gasteiger partial charge in [0.2, 0.25) is 11.8 Å².